The van der Waals surface area contributed by atoms with E-state index in [1.807, 2.05) is 29.9 Å². The third kappa shape index (κ3) is 4.25. The molecule has 0 bridgehead atoms. The Hall–Kier alpha value is -2.21. The number of hydrogen-bond donors (Lipinski definition) is 1. The highest BCUT2D eigenvalue weighted by Gasteiger charge is 2.34. The monoisotopic (exact) mass is 342 g/mol. The zero-order valence-corrected chi connectivity index (χ0v) is 14.7. The van der Waals surface area contributed by atoms with E-state index in [4.69, 9.17) is 0 Å². The SMILES string of the molecule is CN(C(=O)CCc1cccnc1)[C@@H]1CCCC[C@@H](n2ccnc2)[C@@H]1O. The molecule has 25 heavy (non-hydrogen) atoms. The predicted octanol–water partition coefficient (Wildman–Crippen LogP) is 2.21. The molecule has 2 aromatic heterocycles. The molecule has 1 aliphatic rings. The number of carbonyl (C=O) groups is 1. The standard InChI is InChI=1S/C19H26N4O2/c1-22(18(24)9-8-15-5-4-10-20-13-15)16-6-2-3-7-17(19(16)25)23-12-11-21-14-23/h4-5,10-14,16-17,19,25H,2-3,6-9H2,1H3/t16-,17-,19-/m1/s1. The zero-order chi connectivity index (χ0) is 17.6. The third-order valence-electron chi connectivity index (χ3n) is 5.19. The summed E-state index contributed by atoms with van der Waals surface area (Å²) < 4.78 is 1.97. The van der Waals surface area contributed by atoms with Crippen molar-refractivity contribution in [1.82, 2.24) is 19.4 Å². The van der Waals surface area contributed by atoms with Gasteiger partial charge in [-0.15, -0.1) is 0 Å². The van der Waals surface area contributed by atoms with Gasteiger partial charge < -0.3 is 14.6 Å². The van der Waals surface area contributed by atoms with Crippen LogP contribution in [0.2, 0.25) is 0 Å². The number of aromatic nitrogens is 3. The molecule has 0 spiro atoms. The molecule has 1 fully saturated rings. The Morgan fingerprint density at radius 1 is 1.32 bits per heavy atom. The van der Waals surface area contributed by atoms with Crippen LogP contribution in [0, 0.1) is 0 Å². The van der Waals surface area contributed by atoms with E-state index >= 15 is 0 Å². The van der Waals surface area contributed by atoms with Crippen LogP contribution in [0.15, 0.2) is 43.2 Å². The molecule has 1 saturated carbocycles. The highest BCUT2D eigenvalue weighted by atomic mass is 16.3. The maximum atomic E-state index is 12.6. The van der Waals surface area contributed by atoms with E-state index in [1.165, 1.54) is 0 Å². The van der Waals surface area contributed by atoms with Crippen molar-refractivity contribution in [2.75, 3.05) is 7.05 Å². The third-order valence-corrected chi connectivity index (χ3v) is 5.19. The lowest BCUT2D eigenvalue weighted by Crippen LogP contribution is -2.47. The van der Waals surface area contributed by atoms with Crippen molar-refractivity contribution in [3.05, 3.63) is 48.8 Å². The first-order valence-corrected chi connectivity index (χ1v) is 8.97. The van der Waals surface area contributed by atoms with Crippen molar-refractivity contribution >= 4 is 5.91 Å². The lowest BCUT2D eigenvalue weighted by molar-refractivity contribution is -0.135. The highest BCUT2D eigenvalue weighted by molar-refractivity contribution is 5.76. The summed E-state index contributed by atoms with van der Waals surface area (Å²) in [5.74, 6) is 0.0687. The van der Waals surface area contributed by atoms with Crippen LogP contribution in [0.3, 0.4) is 0 Å². The van der Waals surface area contributed by atoms with Crippen LogP contribution in [0.5, 0.6) is 0 Å². The second kappa shape index (κ2) is 8.25. The van der Waals surface area contributed by atoms with Crippen LogP contribution in [-0.2, 0) is 11.2 Å². The van der Waals surface area contributed by atoms with Gasteiger partial charge in [0, 0.05) is 38.3 Å². The smallest absolute Gasteiger partial charge is 0.222 e. The van der Waals surface area contributed by atoms with Crippen molar-refractivity contribution in [3.63, 3.8) is 0 Å². The Labute approximate surface area is 148 Å². The lowest BCUT2D eigenvalue weighted by Gasteiger charge is -2.34. The van der Waals surface area contributed by atoms with Crippen molar-refractivity contribution in [3.8, 4) is 0 Å². The predicted molar refractivity (Wildman–Crippen MR) is 94.9 cm³/mol. The van der Waals surface area contributed by atoms with Crippen LogP contribution in [0.25, 0.3) is 0 Å². The number of nitrogens with zero attached hydrogens (tertiary/aromatic N) is 4. The summed E-state index contributed by atoms with van der Waals surface area (Å²) in [6.45, 7) is 0. The van der Waals surface area contributed by atoms with Gasteiger partial charge in [0.25, 0.3) is 0 Å². The van der Waals surface area contributed by atoms with Crippen molar-refractivity contribution in [2.45, 2.75) is 56.7 Å². The number of aryl methyl sites for hydroxylation is 1. The lowest BCUT2D eigenvalue weighted by atomic mass is 9.99. The molecule has 6 nitrogen and oxygen atoms in total. The highest BCUT2D eigenvalue weighted by Crippen LogP contribution is 2.30. The minimum Gasteiger partial charge on any atom is -0.389 e. The molecule has 0 saturated heterocycles. The number of aliphatic hydroxyl groups is 1. The Balaban J connectivity index is 1.64. The molecule has 1 aliphatic carbocycles. The largest absolute Gasteiger partial charge is 0.389 e. The van der Waals surface area contributed by atoms with Gasteiger partial charge in [0.2, 0.25) is 5.91 Å². The molecule has 0 aliphatic heterocycles. The second-order valence-electron chi connectivity index (χ2n) is 6.79. The van der Waals surface area contributed by atoms with Gasteiger partial charge in [-0.2, -0.15) is 0 Å². The fourth-order valence-corrected chi connectivity index (χ4v) is 3.68. The second-order valence-corrected chi connectivity index (χ2v) is 6.79. The Bertz CT molecular complexity index is 659. The van der Waals surface area contributed by atoms with E-state index in [1.54, 1.807) is 29.8 Å². The van der Waals surface area contributed by atoms with E-state index in [0.717, 1.165) is 31.2 Å². The summed E-state index contributed by atoms with van der Waals surface area (Å²) in [5, 5.41) is 10.9. The van der Waals surface area contributed by atoms with Gasteiger partial charge in [-0.25, -0.2) is 4.98 Å². The Morgan fingerprint density at radius 3 is 2.88 bits per heavy atom. The van der Waals surface area contributed by atoms with Gasteiger partial charge in [-0.1, -0.05) is 18.9 Å². The van der Waals surface area contributed by atoms with Crippen LogP contribution in [0.1, 0.15) is 43.7 Å². The van der Waals surface area contributed by atoms with Gasteiger partial charge in [0.15, 0.2) is 0 Å². The maximum absolute atomic E-state index is 12.6. The fraction of sp³-hybridized carbons (Fsp3) is 0.526. The van der Waals surface area contributed by atoms with Crippen LogP contribution >= 0.6 is 0 Å². The first kappa shape index (κ1) is 17.6. The number of rotatable bonds is 5. The van der Waals surface area contributed by atoms with Gasteiger partial charge in [-0.3, -0.25) is 9.78 Å². The molecule has 2 aromatic rings. The van der Waals surface area contributed by atoms with Crippen molar-refractivity contribution < 1.29 is 9.90 Å². The quantitative estimate of drug-likeness (QED) is 0.846. The van der Waals surface area contributed by atoms with Crippen molar-refractivity contribution in [2.24, 2.45) is 0 Å². The van der Waals surface area contributed by atoms with E-state index in [0.29, 0.717) is 12.8 Å². The van der Waals surface area contributed by atoms with Crippen molar-refractivity contribution in [1.29, 1.82) is 0 Å². The topological polar surface area (TPSA) is 71.2 Å². The van der Waals surface area contributed by atoms with E-state index < -0.39 is 6.10 Å². The van der Waals surface area contributed by atoms with Crippen LogP contribution in [0.4, 0.5) is 0 Å². The minimum absolute atomic E-state index is 0.0245. The summed E-state index contributed by atoms with van der Waals surface area (Å²) in [7, 11) is 1.82. The van der Waals surface area contributed by atoms with Gasteiger partial charge in [0.05, 0.1) is 24.5 Å². The fourth-order valence-electron chi connectivity index (χ4n) is 3.68. The average Bonchev–Trinajstić information content (AvgIpc) is 3.10. The molecule has 6 heteroatoms. The van der Waals surface area contributed by atoms with Crippen LogP contribution < -0.4 is 0 Å². The summed E-state index contributed by atoms with van der Waals surface area (Å²) in [6.07, 6.45) is 13.2. The number of hydrogen-bond acceptors (Lipinski definition) is 4. The van der Waals surface area contributed by atoms with Crippen LogP contribution in [-0.4, -0.2) is 49.6 Å². The Morgan fingerprint density at radius 2 is 2.16 bits per heavy atom. The first-order chi connectivity index (χ1) is 12.2. The molecule has 2 heterocycles. The molecule has 3 atom stereocenters. The zero-order valence-electron chi connectivity index (χ0n) is 14.7. The van der Waals surface area contributed by atoms with E-state index in [9.17, 15) is 9.90 Å². The molecule has 1 N–H and O–H groups in total. The molecular formula is C19H26N4O2. The molecular weight excluding hydrogens is 316 g/mol. The summed E-state index contributed by atoms with van der Waals surface area (Å²) in [5.41, 5.74) is 1.06. The number of likely N-dealkylation sites (N-methyl/N-ethyl adjacent to an activating group) is 1. The normalized spacial score (nSPS) is 23.8. The number of pyridine rings is 1. The number of imidazole rings is 1. The maximum Gasteiger partial charge on any atom is 0.222 e. The Kier molecular flexibility index (Phi) is 5.81. The molecule has 3 rings (SSSR count). The summed E-state index contributed by atoms with van der Waals surface area (Å²) in [6, 6.07) is 3.68. The molecule has 1 amide bonds. The minimum atomic E-state index is -0.580. The van der Waals surface area contributed by atoms with Gasteiger partial charge >= 0.3 is 0 Å². The summed E-state index contributed by atoms with van der Waals surface area (Å²) >= 11 is 0. The van der Waals surface area contributed by atoms with E-state index in [-0.39, 0.29) is 18.0 Å². The first-order valence-electron chi connectivity index (χ1n) is 8.97. The molecule has 134 valence electrons. The summed E-state index contributed by atoms with van der Waals surface area (Å²) in [4.78, 5) is 22.6. The average molecular weight is 342 g/mol. The molecule has 0 radical (unpaired) electrons. The number of aliphatic hydroxyl groups excluding tert-OH is 1. The van der Waals surface area contributed by atoms with E-state index in [2.05, 4.69) is 9.97 Å². The number of amides is 1. The van der Waals surface area contributed by atoms with Gasteiger partial charge in [-0.05, 0) is 30.9 Å². The molecule has 0 aromatic carbocycles. The van der Waals surface area contributed by atoms with Gasteiger partial charge in [0.1, 0.15) is 0 Å². The molecule has 0 unspecified atom stereocenters. The number of carbonyl (C=O) groups excluding carboxylic acids is 1.